The van der Waals surface area contributed by atoms with E-state index in [1.165, 1.54) is 77.0 Å². The van der Waals surface area contributed by atoms with Crippen molar-refractivity contribution in [3.63, 3.8) is 0 Å². The summed E-state index contributed by atoms with van der Waals surface area (Å²) < 4.78 is 0. The maximum atomic E-state index is 2.60. The Balaban J connectivity index is 1.60. The Morgan fingerprint density at radius 2 is 1.20 bits per heavy atom. The molecule has 0 amide bonds. The Morgan fingerprint density at radius 1 is 0.640 bits per heavy atom. The summed E-state index contributed by atoms with van der Waals surface area (Å²) >= 11 is 0. The van der Waals surface area contributed by atoms with Crippen molar-refractivity contribution < 1.29 is 0 Å². The van der Waals surface area contributed by atoms with Gasteiger partial charge in [0.15, 0.2) is 0 Å². The summed E-state index contributed by atoms with van der Waals surface area (Å²) in [7, 11) is 0. The van der Waals surface area contributed by atoms with Gasteiger partial charge in [-0.05, 0) is 68.1 Å². The molecule has 0 bridgehead atoms. The van der Waals surface area contributed by atoms with Gasteiger partial charge in [-0.25, -0.2) is 0 Å². The molecule has 0 aromatic heterocycles. The van der Waals surface area contributed by atoms with E-state index in [-0.39, 0.29) is 0 Å². The summed E-state index contributed by atoms with van der Waals surface area (Å²) in [6, 6.07) is 0. The molecule has 2 aliphatic carbocycles. The number of unbranched alkanes of at least 4 members (excludes halogenated alkanes) is 6. The third-order valence-corrected chi connectivity index (χ3v) is 7.90. The number of hydrogen-bond donors (Lipinski definition) is 0. The molecule has 0 radical (unpaired) electrons. The minimum Gasteiger partial charge on any atom is -0.0654 e. The molecule has 2 aliphatic rings. The molecule has 25 heavy (non-hydrogen) atoms. The molecule has 0 heterocycles. The van der Waals surface area contributed by atoms with E-state index in [4.69, 9.17) is 0 Å². The van der Waals surface area contributed by atoms with Crippen molar-refractivity contribution in [3.05, 3.63) is 0 Å². The molecule has 2 fully saturated rings. The van der Waals surface area contributed by atoms with Gasteiger partial charge in [-0.15, -0.1) is 0 Å². The van der Waals surface area contributed by atoms with Crippen LogP contribution in [0.15, 0.2) is 0 Å². The standard InChI is InChI=1S/C25H48/c1-4-6-8-9-11-19-25(3)20-17-24(18-21-25)23-15-13-22(14-16-23)12-10-7-5-2/h22-24H,4-21H2,1-3H3/t22?,23?,24-,25-. The first kappa shape index (κ1) is 21.3. The summed E-state index contributed by atoms with van der Waals surface area (Å²) in [5, 5.41) is 0. The van der Waals surface area contributed by atoms with E-state index >= 15 is 0 Å². The monoisotopic (exact) mass is 348 g/mol. The Morgan fingerprint density at radius 3 is 1.84 bits per heavy atom. The predicted octanol–water partition coefficient (Wildman–Crippen LogP) is 8.93. The van der Waals surface area contributed by atoms with Gasteiger partial charge in [-0.3, -0.25) is 0 Å². The van der Waals surface area contributed by atoms with E-state index < -0.39 is 0 Å². The van der Waals surface area contributed by atoms with E-state index in [9.17, 15) is 0 Å². The highest BCUT2D eigenvalue weighted by Gasteiger charge is 2.35. The summed E-state index contributed by atoms with van der Waals surface area (Å²) in [6.07, 6.45) is 27.0. The predicted molar refractivity (Wildman–Crippen MR) is 113 cm³/mol. The Bertz CT molecular complexity index is 315. The number of rotatable bonds is 11. The summed E-state index contributed by atoms with van der Waals surface area (Å²) in [5.74, 6) is 3.26. The van der Waals surface area contributed by atoms with Crippen LogP contribution >= 0.6 is 0 Å². The molecule has 0 aromatic rings. The van der Waals surface area contributed by atoms with Gasteiger partial charge >= 0.3 is 0 Å². The minimum atomic E-state index is 0.695. The summed E-state index contributed by atoms with van der Waals surface area (Å²) in [6.45, 7) is 7.26. The van der Waals surface area contributed by atoms with Gasteiger partial charge in [0.25, 0.3) is 0 Å². The third kappa shape index (κ3) is 7.64. The Labute approximate surface area is 159 Å². The smallest absolute Gasteiger partial charge is 0.0326 e. The molecule has 0 aromatic carbocycles. The first-order valence-corrected chi connectivity index (χ1v) is 12.2. The molecular formula is C25H48. The zero-order valence-electron chi connectivity index (χ0n) is 18.0. The van der Waals surface area contributed by atoms with E-state index in [0.717, 1.165) is 17.8 Å². The quantitative estimate of drug-likeness (QED) is 0.327. The Kier molecular flexibility index (Phi) is 9.93. The Hall–Kier alpha value is 0. The normalized spacial score (nSPS) is 33.5. The van der Waals surface area contributed by atoms with Crippen LogP contribution in [0.4, 0.5) is 0 Å². The third-order valence-electron chi connectivity index (χ3n) is 7.90. The second-order valence-electron chi connectivity index (χ2n) is 10.1. The molecule has 0 heteroatoms. The fourth-order valence-corrected chi connectivity index (χ4v) is 5.85. The average molecular weight is 349 g/mol. The zero-order chi connectivity index (χ0) is 18.0. The van der Waals surface area contributed by atoms with Crippen molar-refractivity contribution in [2.24, 2.45) is 23.2 Å². The maximum Gasteiger partial charge on any atom is -0.0326 e. The van der Waals surface area contributed by atoms with Crippen molar-refractivity contribution in [1.29, 1.82) is 0 Å². The van der Waals surface area contributed by atoms with Gasteiger partial charge in [0, 0.05) is 0 Å². The topological polar surface area (TPSA) is 0 Å². The molecule has 0 saturated heterocycles. The fourth-order valence-electron chi connectivity index (χ4n) is 5.85. The lowest BCUT2D eigenvalue weighted by Gasteiger charge is -2.42. The SMILES string of the molecule is CCCCCCC[C@]1(C)CC[C@@H](C2CCC(CCCCC)CC2)CC1. The van der Waals surface area contributed by atoms with Gasteiger partial charge in [0.1, 0.15) is 0 Å². The number of hydrogen-bond acceptors (Lipinski definition) is 0. The molecule has 0 atom stereocenters. The van der Waals surface area contributed by atoms with Crippen molar-refractivity contribution in [2.45, 2.75) is 136 Å². The van der Waals surface area contributed by atoms with Gasteiger partial charge < -0.3 is 0 Å². The van der Waals surface area contributed by atoms with Crippen LogP contribution in [0, 0.1) is 23.2 Å². The van der Waals surface area contributed by atoms with Gasteiger partial charge in [0.05, 0.1) is 0 Å². The summed E-state index contributed by atoms with van der Waals surface area (Å²) in [4.78, 5) is 0. The van der Waals surface area contributed by atoms with Crippen molar-refractivity contribution >= 4 is 0 Å². The fraction of sp³-hybridized carbons (Fsp3) is 1.00. The van der Waals surface area contributed by atoms with E-state index in [0.29, 0.717) is 5.41 Å². The lowest BCUT2D eigenvalue weighted by atomic mass is 9.63. The molecule has 0 aliphatic heterocycles. The van der Waals surface area contributed by atoms with Crippen LogP contribution in [-0.2, 0) is 0 Å². The lowest BCUT2D eigenvalue weighted by molar-refractivity contribution is 0.0949. The molecule has 0 nitrogen and oxygen atoms in total. The lowest BCUT2D eigenvalue weighted by Crippen LogP contribution is -2.30. The van der Waals surface area contributed by atoms with Crippen LogP contribution in [0.2, 0.25) is 0 Å². The van der Waals surface area contributed by atoms with Crippen LogP contribution in [0.25, 0.3) is 0 Å². The van der Waals surface area contributed by atoms with E-state index in [1.807, 2.05) is 0 Å². The van der Waals surface area contributed by atoms with E-state index in [1.54, 1.807) is 38.5 Å². The van der Waals surface area contributed by atoms with Gasteiger partial charge in [-0.1, -0.05) is 91.4 Å². The van der Waals surface area contributed by atoms with Crippen LogP contribution < -0.4 is 0 Å². The van der Waals surface area contributed by atoms with Crippen LogP contribution in [0.1, 0.15) is 136 Å². The molecule has 0 unspecified atom stereocenters. The highest BCUT2D eigenvalue weighted by atomic mass is 14.4. The molecule has 2 rings (SSSR count). The largest absolute Gasteiger partial charge is 0.0654 e. The highest BCUT2D eigenvalue weighted by molar-refractivity contribution is 4.86. The van der Waals surface area contributed by atoms with E-state index in [2.05, 4.69) is 20.8 Å². The molecule has 0 N–H and O–H groups in total. The van der Waals surface area contributed by atoms with Crippen LogP contribution in [-0.4, -0.2) is 0 Å². The van der Waals surface area contributed by atoms with Crippen molar-refractivity contribution in [2.75, 3.05) is 0 Å². The van der Waals surface area contributed by atoms with Gasteiger partial charge in [0.2, 0.25) is 0 Å². The molecule has 0 spiro atoms. The van der Waals surface area contributed by atoms with Crippen molar-refractivity contribution in [3.8, 4) is 0 Å². The second kappa shape index (κ2) is 11.7. The zero-order valence-corrected chi connectivity index (χ0v) is 18.0. The first-order chi connectivity index (χ1) is 12.2. The minimum absolute atomic E-state index is 0.695. The van der Waals surface area contributed by atoms with Gasteiger partial charge in [-0.2, -0.15) is 0 Å². The highest BCUT2D eigenvalue weighted by Crippen LogP contribution is 2.47. The molecule has 2 saturated carbocycles. The average Bonchev–Trinajstić information content (AvgIpc) is 2.63. The molecule has 148 valence electrons. The van der Waals surface area contributed by atoms with Crippen LogP contribution in [0.3, 0.4) is 0 Å². The van der Waals surface area contributed by atoms with Crippen molar-refractivity contribution in [1.82, 2.24) is 0 Å². The second-order valence-corrected chi connectivity index (χ2v) is 10.1. The first-order valence-electron chi connectivity index (χ1n) is 12.2. The maximum absolute atomic E-state index is 2.60. The molecular weight excluding hydrogens is 300 g/mol. The van der Waals surface area contributed by atoms with Crippen LogP contribution in [0.5, 0.6) is 0 Å². The summed E-state index contributed by atoms with van der Waals surface area (Å²) in [5.41, 5.74) is 0.695.